The second kappa shape index (κ2) is 10.5. The van der Waals surface area contributed by atoms with Gasteiger partial charge >= 0.3 is 169 Å². The van der Waals surface area contributed by atoms with Crippen LogP contribution in [0.4, 0.5) is 0 Å². The van der Waals surface area contributed by atoms with Crippen LogP contribution in [0.25, 0.3) is 0 Å². The zero-order valence-corrected chi connectivity index (χ0v) is 19.2. The Balaban J connectivity index is 2.07. The van der Waals surface area contributed by atoms with Crippen LogP contribution in [0.5, 0.6) is 0 Å². The van der Waals surface area contributed by atoms with Crippen molar-refractivity contribution in [1.29, 1.82) is 0 Å². The van der Waals surface area contributed by atoms with Crippen LogP contribution in [0.2, 0.25) is 0 Å². The quantitative estimate of drug-likeness (QED) is 0.303. The molecule has 3 rings (SSSR count). The number of hydrogen-bond donors (Lipinski definition) is 0. The number of hydrogen-bond acceptors (Lipinski definition) is 0. The van der Waals surface area contributed by atoms with E-state index in [4.69, 9.17) is 0 Å². The Morgan fingerprint density at radius 3 is 1.44 bits per heavy atom. The van der Waals surface area contributed by atoms with Gasteiger partial charge in [0.1, 0.15) is 0 Å². The van der Waals surface area contributed by atoms with Crippen molar-refractivity contribution in [2.45, 2.75) is 39.0 Å². The van der Waals surface area contributed by atoms with Crippen molar-refractivity contribution in [1.82, 2.24) is 0 Å². The van der Waals surface area contributed by atoms with Gasteiger partial charge in [-0.05, 0) is 0 Å². The van der Waals surface area contributed by atoms with Crippen LogP contribution < -0.4 is 10.7 Å². The summed E-state index contributed by atoms with van der Waals surface area (Å²) in [5, 5.41) is 0. The van der Waals surface area contributed by atoms with Gasteiger partial charge in [0.05, 0.1) is 0 Å². The summed E-state index contributed by atoms with van der Waals surface area (Å²) in [6.07, 6.45) is 8.95. The molecule has 0 saturated heterocycles. The van der Waals surface area contributed by atoms with E-state index in [1.165, 1.54) is 42.8 Å². The van der Waals surface area contributed by atoms with E-state index in [2.05, 4.69) is 108 Å². The van der Waals surface area contributed by atoms with Gasteiger partial charge in [-0.25, -0.2) is 0 Å². The minimum atomic E-state index is -3.15. The van der Waals surface area contributed by atoms with Gasteiger partial charge in [0.15, 0.2) is 0 Å². The first kappa shape index (κ1) is 19.9. The molecule has 138 valence electrons. The molecule has 0 bridgehead atoms. The number of rotatable bonds is 9. The van der Waals surface area contributed by atoms with E-state index in [0.29, 0.717) is 0 Å². The molecule has 1 heteroatoms. The molecule has 0 spiro atoms. The van der Waals surface area contributed by atoms with Crippen LogP contribution in [-0.4, -0.2) is 18.4 Å². The van der Waals surface area contributed by atoms with Crippen molar-refractivity contribution in [3.63, 3.8) is 0 Å². The molecular formula is C26H30Sn. The Morgan fingerprint density at radius 2 is 1.04 bits per heavy atom. The molecule has 3 aromatic carbocycles. The Bertz CT molecular complexity index is 710. The standard InChI is InChI=1S/C8H15.3C6H5.Sn/c1-3-5-7-8-6-4-2;3*1-2-4-6-5-3-1;/h1,3H,4-8H2,2H3;3*1-5H;. The third-order valence-electron chi connectivity index (χ3n) is 5.28. The normalized spacial score (nSPS) is 11.7. The van der Waals surface area contributed by atoms with Gasteiger partial charge in [-0.3, -0.25) is 0 Å². The van der Waals surface area contributed by atoms with E-state index >= 15 is 0 Å². The molecule has 0 nitrogen and oxygen atoms in total. The third-order valence-corrected chi connectivity index (χ3v) is 18.0. The Morgan fingerprint density at radius 1 is 0.593 bits per heavy atom. The molecule has 0 atom stereocenters. The fourth-order valence-electron chi connectivity index (χ4n) is 3.84. The van der Waals surface area contributed by atoms with Gasteiger partial charge in [-0.15, -0.1) is 0 Å². The molecule has 3 aromatic rings. The van der Waals surface area contributed by atoms with Gasteiger partial charge in [-0.1, -0.05) is 0 Å². The van der Waals surface area contributed by atoms with Crippen molar-refractivity contribution in [2.75, 3.05) is 0 Å². The maximum atomic E-state index is 2.64. The monoisotopic (exact) mass is 462 g/mol. The summed E-state index contributed by atoms with van der Waals surface area (Å²) in [5.74, 6) is 0. The topological polar surface area (TPSA) is 0 Å². The zero-order chi connectivity index (χ0) is 18.8. The van der Waals surface area contributed by atoms with Gasteiger partial charge in [0.2, 0.25) is 0 Å². The molecule has 0 aromatic heterocycles. The second-order valence-corrected chi connectivity index (χ2v) is 17.7. The van der Waals surface area contributed by atoms with Crippen molar-refractivity contribution >= 4 is 29.1 Å². The van der Waals surface area contributed by atoms with Gasteiger partial charge in [0, 0.05) is 0 Å². The van der Waals surface area contributed by atoms with E-state index in [1.807, 2.05) is 0 Å². The Kier molecular flexibility index (Phi) is 7.77. The van der Waals surface area contributed by atoms with Crippen LogP contribution in [0.15, 0.2) is 101 Å². The van der Waals surface area contributed by atoms with E-state index in [-0.39, 0.29) is 0 Å². The molecule has 27 heavy (non-hydrogen) atoms. The van der Waals surface area contributed by atoms with E-state index < -0.39 is 18.4 Å². The molecular weight excluding hydrogens is 431 g/mol. The summed E-state index contributed by atoms with van der Waals surface area (Å²) in [4.78, 5) is 0. The van der Waals surface area contributed by atoms with Crippen molar-refractivity contribution in [2.24, 2.45) is 0 Å². The average molecular weight is 461 g/mol. The number of allylic oxidation sites excluding steroid dienone is 1. The van der Waals surface area contributed by atoms with Crippen LogP contribution in [-0.2, 0) is 0 Å². The third kappa shape index (κ3) is 4.93. The molecule has 0 fully saturated rings. The fraction of sp³-hybridized carbons (Fsp3) is 0.231. The maximum absolute atomic E-state index is 3.15. The number of benzene rings is 3. The summed E-state index contributed by atoms with van der Waals surface area (Å²) in [7, 11) is 0. The molecule has 0 aliphatic rings. The minimum absolute atomic E-state index is 1.19. The molecule has 0 heterocycles. The SMILES string of the molecule is CCCCCC/C=[CH]/[Sn]([c]1ccccc1)([c]1ccccc1)[c]1ccccc1. The average Bonchev–Trinajstić information content (AvgIpc) is 2.75. The summed E-state index contributed by atoms with van der Waals surface area (Å²) in [6.45, 7) is 2.28. The Labute approximate surface area is 168 Å². The molecule has 0 N–H and O–H groups in total. The summed E-state index contributed by atoms with van der Waals surface area (Å²) < 4.78 is 7.21. The van der Waals surface area contributed by atoms with Gasteiger partial charge < -0.3 is 0 Å². The molecule has 0 radical (unpaired) electrons. The summed E-state index contributed by atoms with van der Waals surface area (Å²) >= 11 is -3.15. The molecule has 0 unspecified atom stereocenters. The molecule has 0 saturated carbocycles. The first-order valence-electron chi connectivity index (χ1n) is 10.2. The first-order chi connectivity index (χ1) is 13.4. The van der Waals surface area contributed by atoms with E-state index in [0.717, 1.165) is 0 Å². The molecule has 0 amide bonds. The zero-order valence-electron chi connectivity index (χ0n) is 16.4. The van der Waals surface area contributed by atoms with E-state index in [1.54, 1.807) is 0 Å². The van der Waals surface area contributed by atoms with Gasteiger partial charge in [-0.2, -0.15) is 0 Å². The van der Waals surface area contributed by atoms with Crippen LogP contribution >= 0.6 is 0 Å². The first-order valence-corrected chi connectivity index (χ1v) is 16.1. The van der Waals surface area contributed by atoms with Crippen LogP contribution in [0, 0.1) is 0 Å². The summed E-state index contributed by atoms with van der Waals surface area (Å²) in [6, 6.07) is 33.6. The van der Waals surface area contributed by atoms with Crippen LogP contribution in [0.1, 0.15) is 39.0 Å². The van der Waals surface area contributed by atoms with Gasteiger partial charge in [0.25, 0.3) is 0 Å². The summed E-state index contributed by atoms with van der Waals surface area (Å²) in [5.41, 5.74) is 0. The van der Waals surface area contributed by atoms with Crippen molar-refractivity contribution in [3.05, 3.63) is 101 Å². The van der Waals surface area contributed by atoms with Crippen molar-refractivity contribution < 1.29 is 0 Å². The Hall–Kier alpha value is -1.80. The second-order valence-electron chi connectivity index (χ2n) is 7.16. The fourth-order valence-corrected chi connectivity index (χ4v) is 16.0. The van der Waals surface area contributed by atoms with Crippen LogP contribution in [0.3, 0.4) is 0 Å². The molecule has 0 aliphatic heterocycles. The number of unbranched alkanes of at least 4 members (excludes halogenated alkanes) is 4. The van der Waals surface area contributed by atoms with E-state index in [9.17, 15) is 0 Å². The predicted octanol–water partition coefficient (Wildman–Crippen LogP) is 5.22. The predicted molar refractivity (Wildman–Crippen MR) is 122 cm³/mol. The molecule has 0 aliphatic carbocycles. The van der Waals surface area contributed by atoms with Crippen molar-refractivity contribution in [3.8, 4) is 0 Å².